The van der Waals surface area contributed by atoms with E-state index in [-0.39, 0.29) is 34.5 Å². The molecule has 1 N–H and O–H groups in total. The molecule has 1 aromatic rings. The molecule has 0 aliphatic carbocycles. The number of morpholine rings is 1. The van der Waals surface area contributed by atoms with E-state index in [9.17, 15) is 14.0 Å². The van der Waals surface area contributed by atoms with Gasteiger partial charge in [0.2, 0.25) is 5.91 Å². The number of nitrogens with zero attached hydrogens (tertiary/aromatic N) is 2. The van der Waals surface area contributed by atoms with Crippen LogP contribution in [0.2, 0.25) is 5.02 Å². The Bertz CT molecular complexity index is 665. The topological polar surface area (TPSA) is 61.9 Å². The Balaban J connectivity index is 1.59. The number of hydrogen-bond donors (Lipinski definition) is 1. The van der Waals surface area contributed by atoms with Gasteiger partial charge in [0.05, 0.1) is 18.3 Å². The summed E-state index contributed by atoms with van der Waals surface area (Å²) in [4.78, 5) is 28.4. The number of piperazine rings is 1. The summed E-state index contributed by atoms with van der Waals surface area (Å²) < 4.78 is 19.4. The zero-order valence-electron chi connectivity index (χ0n) is 14.0. The fourth-order valence-electron chi connectivity index (χ4n) is 3.17. The molecule has 0 spiro atoms. The van der Waals surface area contributed by atoms with E-state index in [1.54, 1.807) is 9.80 Å². The third-order valence-electron chi connectivity index (χ3n) is 4.62. The number of nitrogens with one attached hydrogen (secondary N) is 1. The van der Waals surface area contributed by atoms with Gasteiger partial charge < -0.3 is 19.9 Å². The van der Waals surface area contributed by atoms with E-state index >= 15 is 0 Å². The monoisotopic (exact) mass is 369 g/mol. The second-order valence-electron chi connectivity index (χ2n) is 6.25. The fraction of sp³-hybridized carbons (Fsp3) is 0.529. The van der Waals surface area contributed by atoms with Gasteiger partial charge in [0.25, 0.3) is 5.91 Å². The average Bonchev–Trinajstić information content (AvgIpc) is 2.61. The van der Waals surface area contributed by atoms with E-state index in [0.717, 1.165) is 6.07 Å². The molecule has 2 aliphatic rings. The normalized spacial score (nSPS) is 24.3. The number of hydrogen-bond acceptors (Lipinski definition) is 4. The molecule has 0 unspecified atom stereocenters. The summed E-state index contributed by atoms with van der Waals surface area (Å²) in [5.41, 5.74) is 0.000135. The zero-order valence-corrected chi connectivity index (χ0v) is 14.8. The van der Waals surface area contributed by atoms with Crippen molar-refractivity contribution in [3.05, 3.63) is 34.6 Å². The molecule has 2 saturated heterocycles. The highest BCUT2D eigenvalue weighted by atomic mass is 35.5. The van der Waals surface area contributed by atoms with Gasteiger partial charge in [0, 0.05) is 37.7 Å². The maximum Gasteiger partial charge on any atom is 0.256 e. The molecule has 6 nitrogen and oxygen atoms in total. The molecular weight excluding hydrogens is 349 g/mol. The lowest BCUT2D eigenvalue weighted by atomic mass is 10.1. The second-order valence-corrected chi connectivity index (χ2v) is 6.69. The third-order valence-corrected chi connectivity index (χ3v) is 4.86. The molecule has 3 rings (SSSR count). The van der Waals surface area contributed by atoms with Gasteiger partial charge in [-0.15, -0.1) is 0 Å². The number of carbonyl (C=O) groups is 2. The van der Waals surface area contributed by atoms with E-state index in [0.29, 0.717) is 39.3 Å². The van der Waals surface area contributed by atoms with Crippen LogP contribution in [0.3, 0.4) is 0 Å². The Morgan fingerprint density at radius 2 is 1.92 bits per heavy atom. The van der Waals surface area contributed by atoms with E-state index in [1.165, 1.54) is 12.1 Å². The first-order valence-corrected chi connectivity index (χ1v) is 8.73. The number of amides is 2. The number of carbonyl (C=O) groups excluding carboxylic acids is 2. The Labute approximate surface area is 150 Å². The van der Waals surface area contributed by atoms with Crippen LogP contribution in [0.15, 0.2) is 18.2 Å². The molecule has 8 heteroatoms. The third kappa shape index (κ3) is 3.94. The van der Waals surface area contributed by atoms with Crippen LogP contribution in [-0.2, 0) is 9.53 Å². The summed E-state index contributed by atoms with van der Waals surface area (Å²) in [7, 11) is 0. The van der Waals surface area contributed by atoms with Gasteiger partial charge in [-0.05, 0) is 25.1 Å². The summed E-state index contributed by atoms with van der Waals surface area (Å²) in [6.45, 7) is 4.70. The minimum Gasteiger partial charge on any atom is -0.375 e. The van der Waals surface area contributed by atoms with Crippen LogP contribution in [0.25, 0.3) is 0 Å². The van der Waals surface area contributed by atoms with Gasteiger partial charge in [-0.1, -0.05) is 11.6 Å². The lowest BCUT2D eigenvalue weighted by molar-refractivity contribution is -0.140. The van der Waals surface area contributed by atoms with Crippen LogP contribution in [0, 0.1) is 5.82 Å². The Morgan fingerprint density at radius 1 is 1.24 bits per heavy atom. The van der Waals surface area contributed by atoms with Crippen LogP contribution >= 0.6 is 11.6 Å². The highest BCUT2D eigenvalue weighted by molar-refractivity contribution is 6.30. The molecule has 2 fully saturated rings. The van der Waals surface area contributed by atoms with Crippen molar-refractivity contribution in [1.82, 2.24) is 15.1 Å². The van der Waals surface area contributed by atoms with Crippen LogP contribution in [-0.4, -0.2) is 73.1 Å². The Morgan fingerprint density at radius 3 is 2.56 bits per heavy atom. The van der Waals surface area contributed by atoms with Crippen LogP contribution < -0.4 is 5.32 Å². The molecule has 0 bridgehead atoms. The highest BCUT2D eigenvalue weighted by Gasteiger charge is 2.34. The van der Waals surface area contributed by atoms with Crippen molar-refractivity contribution < 1.29 is 18.7 Å². The van der Waals surface area contributed by atoms with Crippen molar-refractivity contribution in [1.29, 1.82) is 0 Å². The fourth-order valence-corrected chi connectivity index (χ4v) is 3.33. The van der Waals surface area contributed by atoms with Crippen molar-refractivity contribution >= 4 is 23.4 Å². The maximum absolute atomic E-state index is 13.9. The number of benzene rings is 1. The molecule has 0 saturated carbocycles. The number of ether oxygens (including phenoxy) is 1. The molecule has 2 aliphatic heterocycles. The largest absolute Gasteiger partial charge is 0.375 e. The minimum atomic E-state index is -0.631. The van der Waals surface area contributed by atoms with Gasteiger partial charge in [0.1, 0.15) is 11.9 Å². The van der Waals surface area contributed by atoms with Crippen molar-refractivity contribution in [3.8, 4) is 0 Å². The van der Waals surface area contributed by atoms with Crippen molar-refractivity contribution in [2.24, 2.45) is 0 Å². The average molecular weight is 370 g/mol. The van der Waals surface area contributed by atoms with E-state index in [1.807, 2.05) is 6.92 Å². The summed E-state index contributed by atoms with van der Waals surface area (Å²) in [5.74, 6) is -1.03. The molecule has 2 amide bonds. The molecular formula is C17H21ClFN3O3. The maximum atomic E-state index is 13.9. The Hall–Kier alpha value is -1.70. The first-order valence-electron chi connectivity index (χ1n) is 8.35. The predicted molar refractivity (Wildman–Crippen MR) is 91.1 cm³/mol. The van der Waals surface area contributed by atoms with E-state index < -0.39 is 5.82 Å². The first kappa shape index (κ1) is 18.1. The zero-order chi connectivity index (χ0) is 18.0. The lowest BCUT2D eigenvalue weighted by Crippen LogP contribution is -2.60. The van der Waals surface area contributed by atoms with Gasteiger partial charge in [-0.3, -0.25) is 9.59 Å². The van der Waals surface area contributed by atoms with Crippen molar-refractivity contribution in [2.75, 3.05) is 39.3 Å². The SMILES string of the molecule is C[C@H]1OCCN[C@@H]1C(=O)N1CCN(C(=O)c2ccc(Cl)cc2F)CC1. The molecule has 0 aromatic heterocycles. The molecule has 136 valence electrons. The lowest BCUT2D eigenvalue weighted by Gasteiger charge is -2.38. The predicted octanol–water partition coefficient (Wildman–Crippen LogP) is 1.14. The van der Waals surface area contributed by atoms with Gasteiger partial charge in [0.15, 0.2) is 0 Å². The van der Waals surface area contributed by atoms with E-state index in [4.69, 9.17) is 16.3 Å². The van der Waals surface area contributed by atoms with Crippen LogP contribution in [0.1, 0.15) is 17.3 Å². The van der Waals surface area contributed by atoms with E-state index in [2.05, 4.69) is 5.32 Å². The quantitative estimate of drug-likeness (QED) is 0.849. The molecule has 0 radical (unpaired) electrons. The summed E-state index contributed by atoms with van der Waals surface area (Å²) in [5, 5.41) is 3.43. The molecule has 2 heterocycles. The number of rotatable bonds is 2. The van der Waals surface area contributed by atoms with Crippen molar-refractivity contribution in [3.63, 3.8) is 0 Å². The standard InChI is InChI=1S/C17H21ClFN3O3/c1-11-15(20-4-9-25-11)17(24)22-7-5-21(6-8-22)16(23)13-3-2-12(18)10-14(13)19/h2-3,10-11,15,20H,4-9H2,1H3/t11-,15+/m1/s1. The summed E-state index contributed by atoms with van der Waals surface area (Å²) >= 11 is 5.72. The smallest absolute Gasteiger partial charge is 0.256 e. The van der Waals surface area contributed by atoms with Gasteiger partial charge in [-0.2, -0.15) is 0 Å². The number of halogens is 2. The second kappa shape index (κ2) is 7.68. The van der Waals surface area contributed by atoms with Crippen LogP contribution in [0.4, 0.5) is 4.39 Å². The highest BCUT2D eigenvalue weighted by Crippen LogP contribution is 2.18. The van der Waals surface area contributed by atoms with Gasteiger partial charge >= 0.3 is 0 Å². The van der Waals surface area contributed by atoms with Gasteiger partial charge in [-0.25, -0.2) is 4.39 Å². The minimum absolute atomic E-state index is 0.000135. The molecule has 25 heavy (non-hydrogen) atoms. The molecule has 2 atom stereocenters. The summed E-state index contributed by atoms with van der Waals surface area (Å²) in [6.07, 6.45) is -0.177. The first-order chi connectivity index (χ1) is 12.0. The molecule has 1 aromatic carbocycles. The summed E-state index contributed by atoms with van der Waals surface area (Å²) in [6, 6.07) is 3.66. The van der Waals surface area contributed by atoms with Crippen molar-refractivity contribution in [2.45, 2.75) is 19.1 Å². The Kier molecular flexibility index (Phi) is 5.56. The van der Waals surface area contributed by atoms with Crippen LogP contribution in [0.5, 0.6) is 0 Å².